The third-order valence-electron chi connectivity index (χ3n) is 9.69. The van der Waals surface area contributed by atoms with Crippen molar-refractivity contribution in [2.24, 2.45) is 5.92 Å². The van der Waals surface area contributed by atoms with Crippen LogP contribution in [0.25, 0.3) is 39.2 Å². The Morgan fingerprint density at radius 1 is 0.848 bits per heavy atom. The molecule has 0 N–H and O–H groups in total. The summed E-state index contributed by atoms with van der Waals surface area (Å²) < 4.78 is 6.48. The Hall–Kier alpha value is -4.64. The number of pyridine rings is 2. The molecule has 0 aliphatic heterocycles. The van der Waals surface area contributed by atoms with Crippen LogP contribution >= 0.6 is 0 Å². The van der Waals surface area contributed by atoms with Gasteiger partial charge < -0.3 is 19.6 Å². The van der Waals surface area contributed by atoms with Crippen molar-refractivity contribution in [2.75, 3.05) is 0 Å². The van der Waals surface area contributed by atoms with Gasteiger partial charge in [0.1, 0.15) is 5.76 Å². The molecular weight excluding hydrogens is 745 g/mol. The number of fused-ring (bicyclic) bond motifs is 4. The zero-order chi connectivity index (χ0) is 29.7. The van der Waals surface area contributed by atoms with Gasteiger partial charge >= 0.3 is 0 Å². The Balaban J connectivity index is 0.000000157. The van der Waals surface area contributed by atoms with E-state index >= 15 is 0 Å². The fourth-order valence-corrected chi connectivity index (χ4v) is 7.61. The standard InChI is InChI=1S/C27H16NO.C13H14N3.Ir/c1-2-14-28-22(9-1)19-7-4-8-21-26-20-13-12-17-6-3-5-16-10-11-18(25(20)24(16)17)15-23(26)29-27(19)21;1-2-4-10(3-1)11-5-7-14-13(9-11)12-6-8-15-16-12;/h1-6,8-14,24H,15H2;5-10H,1-4H2;/q2*-1;. The van der Waals surface area contributed by atoms with Crippen LogP contribution < -0.4 is 5.10 Å². The number of rotatable bonds is 3. The van der Waals surface area contributed by atoms with E-state index in [9.17, 15) is 0 Å². The first kappa shape index (κ1) is 28.8. The molecular formula is C40H30IrN4O-2. The fraction of sp³-hybridized carbons (Fsp3) is 0.175. The molecule has 5 aliphatic rings. The molecule has 1 fully saturated rings. The summed E-state index contributed by atoms with van der Waals surface area (Å²) in [5, 5.41) is 9.03. The molecule has 0 spiro atoms. The van der Waals surface area contributed by atoms with Crippen molar-refractivity contribution in [3.8, 4) is 22.6 Å². The van der Waals surface area contributed by atoms with E-state index in [1.54, 1.807) is 6.20 Å². The monoisotopic (exact) mass is 775 g/mol. The van der Waals surface area contributed by atoms with Gasteiger partial charge in [-0.15, -0.1) is 18.2 Å². The number of allylic oxidation sites excluding steroid dienone is 12. The average molecular weight is 775 g/mol. The van der Waals surface area contributed by atoms with Gasteiger partial charge in [0, 0.05) is 62.3 Å². The first-order chi connectivity index (χ1) is 22.3. The molecule has 0 bridgehead atoms. The summed E-state index contributed by atoms with van der Waals surface area (Å²) in [5.41, 5.74) is 14.1. The molecule has 5 nitrogen and oxygen atoms in total. The predicted octanol–water partition coefficient (Wildman–Crippen LogP) is 8.91. The topological polar surface area (TPSA) is 65.9 Å². The summed E-state index contributed by atoms with van der Waals surface area (Å²) in [7, 11) is 0. The van der Waals surface area contributed by atoms with Gasteiger partial charge in [-0.3, -0.25) is 4.98 Å². The molecule has 4 heterocycles. The third kappa shape index (κ3) is 4.84. The van der Waals surface area contributed by atoms with Crippen molar-refractivity contribution in [2.45, 2.75) is 38.0 Å². The molecule has 227 valence electrons. The molecule has 1 aromatic carbocycles. The van der Waals surface area contributed by atoms with Gasteiger partial charge in [-0.1, -0.05) is 90.2 Å². The Morgan fingerprint density at radius 3 is 2.59 bits per heavy atom. The van der Waals surface area contributed by atoms with Gasteiger partial charge in [0.2, 0.25) is 0 Å². The zero-order valence-electron chi connectivity index (χ0n) is 25.1. The molecule has 5 aromatic rings. The van der Waals surface area contributed by atoms with Crippen LogP contribution in [0.4, 0.5) is 0 Å². The molecule has 5 aliphatic carbocycles. The second kappa shape index (κ2) is 11.9. The van der Waals surface area contributed by atoms with E-state index in [4.69, 9.17) is 4.42 Å². The molecule has 0 amide bonds. The van der Waals surface area contributed by atoms with Crippen molar-refractivity contribution in [3.63, 3.8) is 0 Å². The van der Waals surface area contributed by atoms with Crippen LogP contribution in [0.5, 0.6) is 0 Å². The largest absolute Gasteiger partial charge is 0.574 e. The van der Waals surface area contributed by atoms with Crippen LogP contribution in [0.1, 0.15) is 48.5 Å². The minimum Gasteiger partial charge on any atom is -0.574 e. The van der Waals surface area contributed by atoms with Crippen LogP contribution in [-0.2, 0) is 26.5 Å². The summed E-state index contributed by atoms with van der Waals surface area (Å²) in [5.74, 6) is 2.12. The maximum atomic E-state index is 6.48. The van der Waals surface area contributed by atoms with Crippen molar-refractivity contribution < 1.29 is 24.5 Å². The van der Waals surface area contributed by atoms with E-state index in [0.29, 0.717) is 5.92 Å². The zero-order valence-corrected chi connectivity index (χ0v) is 27.5. The minimum atomic E-state index is 0. The number of nitrogens with zero attached hydrogens (tertiary/aromatic N) is 4. The van der Waals surface area contributed by atoms with E-state index in [2.05, 4.69) is 87.0 Å². The van der Waals surface area contributed by atoms with Crippen LogP contribution in [0.2, 0.25) is 0 Å². The molecule has 4 aromatic heterocycles. The molecule has 1 atom stereocenters. The van der Waals surface area contributed by atoms with Crippen LogP contribution in [0.15, 0.2) is 136 Å². The molecule has 46 heavy (non-hydrogen) atoms. The molecule has 1 radical (unpaired) electrons. The first-order valence-electron chi connectivity index (χ1n) is 15.8. The normalized spacial score (nSPS) is 19.0. The number of hydrogen-bond acceptors (Lipinski definition) is 4. The Morgan fingerprint density at radius 2 is 1.74 bits per heavy atom. The molecule has 0 saturated heterocycles. The molecule has 1 unspecified atom stereocenters. The summed E-state index contributed by atoms with van der Waals surface area (Å²) in [6.45, 7) is 0. The van der Waals surface area contributed by atoms with E-state index in [0.717, 1.165) is 51.7 Å². The van der Waals surface area contributed by atoms with Gasteiger partial charge in [0.15, 0.2) is 0 Å². The second-order valence-corrected chi connectivity index (χ2v) is 12.2. The second-order valence-electron chi connectivity index (χ2n) is 12.2. The number of furan rings is 1. The molecule has 1 saturated carbocycles. The van der Waals surface area contributed by atoms with Crippen LogP contribution in [0, 0.1) is 12.0 Å². The number of benzene rings is 1. The first-order valence-corrected chi connectivity index (χ1v) is 15.8. The quantitative estimate of drug-likeness (QED) is 0.172. The van der Waals surface area contributed by atoms with Crippen molar-refractivity contribution in [3.05, 3.63) is 155 Å². The van der Waals surface area contributed by atoms with E-state index < -0.39 is 0 Å². The summed E-state index contributed by atoms with van der Waals surface area (Å²) in [4.78, 5) is 8.88. The Bertz CT molecular complexity index is 2140. The number of hydrogen-bond donors (Lipinski definition) is 0. The van der Waals surface area contributed by atoms with E-state index in [1.807, 2.05) is 42.7 Å². The Labute approximate surface area is 281 Å². The Kier molecular flexibility index (Phi) is 7.48. The smallest absolute Gasteiger partial charge is 0.102 e. The van der Waals surface area contributed by atoms with Crippen molar-refractivity contribution in [1.82, 2.24) is 20.2 Å². The van der Waals surface area contributed by atoms with Gasteiger partial charge in [-0.2, -0.15) is 0 Å². The van der Waals surface area contributed by atoms with E-state index in [1.165, 1.54) is 64.7 Å². The van der Waals surface area contributed by atoms with Gasteiger partial charge in [-0.05, 0) is 76.1 Å². The average Bonchev–Trinajstić information content (AvgIpc) is 3.90. The third-order valence-corrected chi connectivity index (χ3v) is 9.69. The van der Waals surface area contributed by atoms with Crippen LogP contribution in [-0.4, -0.2) is 15.1 Å². The SMILES string of the molecule is [Ir].[c-]1ccc2c3c(oc2c1-c1ccccn1)CC1=C2C3=CC=C3C=CC=C(C=C1)C32.c1cc(-c2cc(C3CCCC3)ccn2)[n-]n1. The predicted molar refractivity (Wildman–Crippen MR) is 177 cm³/mol. The summed E-state index contributed by atoms with van der Waals surface area (Å²) in [6.07, 6.45) is 27.3. The fourth-order valence-electron chi connectivity index (χ4n) is 7.61. The van der Waals surface area contributed by atoms with Gasteiger partial charge in [0.25, 0.3) is 0 Å². The van der Waals surface area contributed by atoms with Crippen molar-refractivity contribution in [1.29, 1.82) is 0 Å². The van der Waals surface area contributed by atoms with Crippen LogP contribution in [0.3, 0.4) is 0 Å². The summed E-state index contributed by atoms with van der Waals surface area (Å²) >= 11 is 0. The number of aromatic nitrogens is 4. The molecule has 10 rings (SSSR count). The van der Waals surface area contributed by atoms with Crippen molar-refractivity contribution >= 4 is 16.5 Å². The van der Waals surface area contributed by atoms with E-state index in [-0.39, 0.29) is 20.1 Å². The molecule has 6 heteroatoms. The maximum Gasteiger partial charge on any atom is 0.102 e. The minimum absolute atomic E-state index is 0. The summed E-state index contributed by atoms with van der Waals surface area (Å²) in [6, 6.07) is 19.6. The van der Waals surface area contributed by atoms with Gasteiger partial charge in [0.05, 0.1) is 5.58 Å². The maximum absolute atomic E-state index is 6.48. The van der Waals surface area contributed by atoms with Gasteiger partial charge in [-0.25, -0.2) is 0 Å².